The van der Waals surface area contributed by atoms with E-state index in [9.17, 15) is 0 Å². The minimum atomic E-state index is 0.472. The molecule has 54 valence electrons. The van der Waals surface area contributed by atoms with Gasteiger partial charge < -0.3 is 5.73 Å². The lowest BCUT2D eigenvalue weighted by Crippen LogP contribution is -2.52. The van der Waals surface area contributed by atoms with E-state index >= 15 is 0 Å². The van der Waals surface area contributed by atoms with E-state index in [2.05, 4.69) is 17.2 Å². The molecule has 0 fully saturated rings. The Morgan fingerprint density at radius 2 is 2.22 bits per heavy atom. The molecule has 3 N–H and O–H groups in total. The van der Waals surface area contributed by atoms with Crippen molar-refractivity contribution in [2.24, 2.45) is 0 Å². The monoisotopic (exact) mass is 132 g/mol. The molecule has 0 saturated heterocycles. The van der Waals surface area contributed by atoms with E-state index in [-0.39, 0.29) is 0 Å². The molecule has 0 rings (SSSR count). The summed E-state index contributed by atoms with van der Waals surface area (Å²) in [6.45, 7) is 7.27. The zero-order valence-electron chi connectivity index (χ0n) is 5.85. The molecule has 3 heteroatoms. The van der Waals surface area contributed by atoms with Crippen molar-refractivity contribution in [2.45, 2.75) is 6.92 Å². The van der Waals surface area contributed by atoms with Crippen molar-refractivity contribution in [1.82, 2.24) is 0 Å². The van der Waals surface area contributed by atoms with Crippen LogP contribution >= 0.6 is 0 Å². The van der Waals surface area contributed by atoms with Crippen LogP contribution in [-0.4, -0.2) is 19.8 Å². The van der Waals surface area contributed by atoms with Crippen molar-refractivity contribution in [3.05, 3.63) is 12.2 Å². The van der Waals surface area contributed by atoms with E-state index in [0.29, 0.717) is 13.2 Å². The third kappa shape index (κ3) is 7.62. The maximum absolute atomic E-state index is 4.70. The summed E-state index contributed by atoms with van der Waals surface area (Å²) in [5.74, 6) is 0. The predicted octanol–water partition coefficient (Wildman–Crippen LogP) is -0.247. The third-order valence-electron chi connectivity index (χ3n) is 0.616. The first-order valence-electron chi connectivity index (χ1n) is 2.95. The van der Waals surface area contributed by atoms with Crippen LogP contribution in [0, 0.1) is 0 Å². The van der Waals surface area contributed by atoms with Gasteiger partial charge in [-0.1, -0.05) is 12.2 Å². The van der Waals surface area contributed by atoms with Gasteiger partial charge in [-0.15, -0.1) is 0 Å². The molecular weight excluding hydrogens is 118 g/mol. The maximum atomic E-state index is 4.70. The molecule has 0 aromatic rings. The lowest BCUT2D eigenvalue weighted by molar-refractivity contribution is -0.401. The van der Waals surface area contributed by atoms with Gasteiger partial charge >= 0.3 is 0 Å². The summed E-state index contributed by atoms with van der Waals surface area (Å²) in [5.41, 5.74) is 4.53. The van der Waals surface area contributed by atoms with Crippen LogP contribution in [0.25, 0.3) is 0 Å². The summed E-state index contributed by atoms with van der Waals surface area (Å²) in [6, 6.07) is 0. The van der Waals surface area contributed by atoms with E-state index in [0.717, 1.165) is 12.1 Å². The molecule has 0 amide bonds. The maximum Gasteiger partial charge on any atom is 0.131 e. The Morgan fingerprint density at radius 1 is 1.56 bits per heavy atom. The van der Waals surface area contributed by atoms with Gasteiger partial charge in [-0.05, 0) is 6.92 Å². The number of quaternary nitrogens is 1. The molecule has 9 heavy (non-hydrogen) atoms. The zero-order chi connectivity index (χ0) is 7.11. The van der Waals surface area contributed by atoms with Crippen molar-refractivity contribution < 1.29 is 15.5 Å². The van der Waals surface area contributed by atoms with E-state index in [1.165, 1.54) is 0 Å². The Kier molecular flexibility index (Phi) is 5.51. The van der Waals surface area contributed by atoms with Crippen LogP contribution in [0.1, 0.15) is 6.92 Å². The Labute approximate surface area is 55.4 Å². The Morgan fingerprint density at radius 3 is 2.67 bits per heavy atom. The van der Waals surface area contributed by atoms with Gasteiger partial charge in [-0.3, -0.25) is 0 Å². The van der Waals surface area contributed by atoms with Gasteiger partial charge in [-0.25, -0.2) is 9.78 Å². The van der Waals surface area contributed by atoms with Gasteiger partial charge in [0.1, 0.15) is 19.8 Å². The second kappa shape index (κ2) is 5.75. The minimum absolute atomic E-state index is 0.472. The summed E-state index contributed by atoms with van der Waals surface area (Å²) in [6.07, 6.45) is 0. The van der Waals surface area contributed by atoms with E-state index in [1.807, 2.05) is 6.92 Å². The lowest BCUT2D eigenvalue weighted by Gasteiger charge is -1.99. The fraction of sp³-hybridized carbons (Fsp3) is 0.667. The van der Waals surface area contributed by atoms with Gasteiger partial charge in [0.15, 0.2) is 0 Å². The van der Waals surface area contributed by atoms with Gasteiger partial charge in [0, 0.05) is 0 Å². The normalized spacial score (nSPS) is 9.56. The topological polar surface area (TPSA) is 46.1 Å². The molecule has 0 aliphatic carbocycles. The average molecular weight is 132 g/mol. The molecule has 0 unspecified atom stereocenters. The number of rotatable bonds is 5. The van der Waals surface area contributed by atoms with Crippen LogP contribution in [0.5, 0.6) is 0 Å². The van der Waals surface area contributed by atoms with Crippen molar-refractivity contribution in [3.8, 4) is 0 Å². The van der Waals surface area contributed by atoms with Crippen LogP contribution in [0.15, 0.2) is 12.2 Å². The molecule has 0 aliphatic rings. The Hall–Kier alpha value is -0.380. The lowest BCUT2D eigenvalue weighted by atomic mass is 10.4. The van der Waals surface area contributed by atoms with Crippen LogP contribution in [0.2, 0.25) is 0 Å². The first-order valence-corrected chi connectivity index (χ1v) is 2.95. The molecule has 3 nitrogen and oxygen atoms in total. The van der Waals surface area contributed by atoms with Crippen LogP contribution in [0.4, 0.5) is 0 Å². The molecule has 0 radical (unpaired) electrons. The smallest absolute Gasteiger partial charge is 0.131 e. The second-order valence-corrected chi connectivity index (χ2v) is 1.89. The van der Waals surface area contributed by atoms with Crippen molar-refractivity contribution >= 4 is 0 Å². The molecule has 0 aliphatic heterocycles. The number of hydrogen-bond acceptors (Lipinski definition) is 2. The summed E-state index contributed by atoms with van der Waals surface area (Å²) in [4.78, 5) is 9.37. The standard InChI is InChI=1S/C6H13NO2/c1-6(2)5-9-8-4-3-7/h1,3-5,7H2,2H3/p+1. The Balaban J connectivity index is 2.83. The van der Waals surface area contributed by atoms with Crippen LogP contribution in [0.3, 0.4) is 0 Å². The molecule has 0 bridgehead atoms. The summed E-state index contributed by atoms with van der Waals surface area (Å²) >= 11 is 0. The summed E-state index contributed by atoms with van der Waals surface area (Å²) in [5, 5.41) is 0. The summed E-state index contributed by atoms with van der Waals surface area (Å²) < 4.78 is 0. The quantitative estimate of drug-likeness (QED) is 0.243. The van der Waals surface area contributed by atoms with E-state index < -0.39 is 0 Å². The van der Waals surface area contributed by atoms with E-state index in [4.69, 9.17) is 4.89 Å². The predicted molar refractivity (Wildman–Crippen MR) is 34.5 cm³/mol. The molecule has 0 saturated carbocycles. The van der Waals surface area contributed by atoms with E-state index in [1.54, 1.807) is 0 Å². The zero-order valence-corrected chi connectivity index (χ0v) is 5.85. The molecular formula is C6H14NO2+. The molecule has 0 aromatic carbocycles. The van der Waals surface area contributed by atoms with Gasteiger partial charge in [0.2, 0.25) is 0 Å². The fourth-order valence-electron chi connectivity index (χ4n) is 0.260. The molecule has 0 heterocycles. The second-order valence-electron chi connectivity index (χ2n) is 1.89. The Bertz CT molecular complexity index is 83.1. The van der Waals surface area contributed by atoms with Crippen LogP contribution < -0.4 is 5.73 Å². The highest BCUT2D eigenvalue weighted by Gasteiger charge is 1.87. The highest BCUT2D eigenvalue weighted by Crippen LogP contribution is 1.87. The first-order chi connectivity index (χ1) is 4.27. The van der Waals surface area contributed by atoms with Crippen molar-refractivity contribution in [3.63, 3.8) is 0 Å². The number of hydrogen-bond donors (Lipinski definition) is 1. The molecule has 0 spiro atoms. The van der Waals surface area contributed by atoms with Gasteiger partial charge in [0.05, 0.1) is 0 Å². The first kappa shape index (κ1) is 8.62. The van der Waals surface area contributed by atoms with Crippen molar-refractivity contribution in [1.29, 1.82) is 0 Å². The largest absolute Gasteiger partial charge is 0.356 e. The molecule has 0 aromatic heterocycles. The SMILES string of the molecule is C=C(C)COOCC[NH3+]. The van der Waals surface area contributed by atoms with Gasteiger partial charge in [-0.2, -0.15) is 0 Å². The highest BCUT2D eigenvalue weighted by molar-refractivity contribution is 4.86. The summed E-state index contributed by atoms with van der Waals surface area (Å²) in [7, 11) is 0. The highest BCUT2D eigenvalue weighted by atomic mass is 17.2. The van der Waals surface area contributed by atoms with Gasteiger partial charge in [0.25, 0.3) is 0 Å². The average Bonchev–Trinajstić information content (AvgIpc) is 1.80. The fourth-order valence-corrected chi connectivity index (χ4v) is 0.260. The molecule has 0 atom stereocenters. The minimum Gasteiger partial charge on any atom is -0.356 e. The van der Waals surface area contributed by atoms with Crippen molar-refractivity contribution in [2.75, 3.05) is 19.8 Å². The van der Waals surface area contributed by atoms with Crippen LogP contribution in [-0.2, 0) is 9.78 Å². The third-order valence-corrected chi connectivity index (χ3v) is 0.616.